The maximum Gasteiger partial charge on any atom is 0.315 e. The van der Waals surface area contributed by atoms with Crippen LogP contribution in [0.25, 0.3) is 0 Å². The summed E-state index contributed by atoms with van der Waals surface area (Å²) in [6.45, 7) is 4.99. The number of ether oxygens (including phenoxy) is 5. The van der Waals surface area contributed by atoms with Gasteiger partial charge >= 0.3 is 5.97 Å². The van der Waals surface area contributed by atoms with E-state index in [0.717, 1.165) is 25.0 Å². The molecule has 8 nitrogen and oxygen atoms in total. The molecule has 4 rings (SSSR count). The van der Waals surface area contributed by atoms with Crippen LogP contribution in [0.3, 0.4) is 0 Å². The number of nitrogens with one attached hydrogen (secondary N) is 1. The molecule has 3 atom stereocenters. The molecule has 178 valence electrons. The molecule has 8 heteroatoms. The third-order valence-corrected chi connectivity index (χ3v) is 6.55. The highest BCUT2D eigenvalue weighted by Gasteiger charge is 2.45. The SMILES string of the molecule is C=C1NC2=C(C(=O)CCC2)C(c2cc(OC)c(OC)cc2OC)C1C(=O)OCC1CCCO1. The Bertz CT molecular complexity index is 977. The number of esters is 1. The van der Waals surface area contributed by atoms with Crippen molar-refractivity contribution in [3.05, 3.63) is 41.2 Å². The first-order valence-electron chi connectivity index (χ1n) is 11.3. The molecule has 1 aromatic carbocycles. The van der Waals surface area contributed by atoms with Crippen molar-refractivity contribution < 1.29 is 33.3 Å². The topological polar surface area (TPSA) is 92.3 Å². The van der Waals surface area contributed by atoms with Gasteiger partial charge in [-0.2, -0.15) is 0 Å². The van der Waals surface area contributed by atoms with E-state index in [-0.39, 0.29) is 18.5 Å². The Labute approximate surface area is 193 Å². The summed E-state index contributed by atoms with van der Waals surface area (Å²) in [6.07, 6.45) is 3.61. The lowest BCUT2D eigenvalue weighted by molar-refractivity contribution is -0.151. The van der Waals surface area contributed by atoms with Crippen LogP contribution in [0.4, 0.5) is 0 Å². The van der Waals surface area contributed by atoms with E-state index < -0.39 is 17.8 Å². The number of hydrogen-bond acceptors (Lipinski definition) is 8. The van der Waals surface area contributed by atoms with E-state index in [1.165, 1.54) is 0 Å². The molecule has 1 aliphatic carbocycles. The zero-order valence-corrected chi connectivity index (χ0v) is 19.4. The summed E-state index contributed by atoms with van der Waals surface area (Å²) >= 11 is 0. The van der Waals surface area contributed by atoms with Crippen molar-refractivity contribution in [2.24, 2.45) is 5.92 Å². The lowest BCUT2D eigenvalue weighted by atomic mass is 9.71. The minimum Gasteiger partial charge on any atom is -0.496 e. The maximum atomic E-state index is 13.4. The summed E-state index contributed by atoms with van der Waals surface area (Å²) in [4.78, 5) is 26.5. The van der Waals surface area contributed by atoms with Crippen molar-refractivity contribution in [3.8, 4) is 17.2 Å². The Morgan fingerprint density at radius 1 is 1.09 bits per heavy atom. The minimum absolute atomic E-state index is 0.00927. The van der Waals surface area contributed by atoms with Crippen LogP contribution in [0, 0.1) is 5.92 Å². The number of benzene rings is 1. The Hall–Kier alpha value is -3.00. The van der Waals surface area contributed by atoms with Gasteiger partial charge in [-0.3, -0.25) is 9.59 Å². The first-order chi connectivity index (χ1) is 16.0. The van der Waals surface area contributed by atoms with Crippen LogP contribution in [0.5, 0.6) is 17.2 Å². The average Bonchev–Trinajstić information content (AvgIpc) is 3.34. The van der Waals surface area contributed by atoms with Crippen molar-refractivity contribution in [1.82, 2.24) is 5.32 Å². The van der Waals surface area contributed by atoms with E-state index in [1.807, 2.05) is 0 Å². The van der Waals surface area contributed by atoms with Crippen molar-refractivity contribution in [2.45, 2.75) is 44.1 Å². The molecule has 1 saturated heterocycles. The molecule has 1 N–H and O–H groups in total. The Kier molecular flexibility index (Phi) is 6.93. The highest BCUT2D eigenvalue weighted by Crippen LogP contribution is 2.49. The number of ketones is 1. The van der Waals surface area contributed by atoms with Crippen molar-refractivity contribution in [2.75, 3.05) is 34.5 Å². The fourth-order valence-corrected chi connectivity index (χ4v) is 4.94. The number of methoxy groups -OCH3 is 3. The predicted octanol–water partition coefficient (Wildman–Crippen LogP) is 3.26. The quantitative estimate of drug-likeness (QED) is 0.624. The van der Waals surface area contributed by atoms with Crippen LogP contribution in [-0.4, -0.2) is 52.4 Å². The molecule has 1 aromatic rings. The molecule has 2 heterocycles. The molecular weight excluding hydrogens is 426 g/mol. The Morgan fingerprint density at radius 3 is 2.48 bits per heavy atom. The van der Waals surface area contributed by atoms with Gasteiger partial charge in [0, 0.05) is 47.5 Å². The minimum atomic E-state index is -0.806. The largest absolute Gasteiger partial charge is 0.496 e. The zero-order valence-electron chi connectivity index (χ0n) is 19.4. The predicted molar refractivity (Wildman–Crippen MR) is 120 cm³/mol. The Morgan fingerprint density at radius 2 is 1.82 bits per heavy atom. The number of carbonyl (C=O) groups excluding carboxylic acids is 2. The van der Waals surface area contributed by atoms with Gasteiger partial charge in [0.2, 0.25) is 0 Å². The molecular formula is C25H31NO7. The van der Waals surface area contributed by atoms with Crippen molar-refractivity contribution in [1.29, 1.82) is 0 Å². The van der Waals surface area contributed by atoms with E-state index >= 15 is 0 Å². The smallest absolute Gasteiger partial charge is 0.315 e. The highest BCUT2D eigenvalue weighted by molar-refractivity contribution is 6.00. The fraction of sp³-hybridized carbons (Fsp3) is 0.520. The van der Waals surface area contributed by atoms with Crippen molar-refractivity contribution in [3.63, 3.8) is 0 Å². The Balaban J connectivity index is 1.79. The first kappa shape index (κ1) is 23.2. The lowest BCUT2D eigenvalue weighted by Gasteiger charge is -2.38. The summed E-state index contributed by atoms with van der Waals surface area (Å²) in [5.41, 5.74) is 2.54. The van der Waals surface area contributed by atoms with Crippen LogP contribution in [0.15, 0.2) is 35.7 Å². The van der Waals surface area contributed by atoms with Gasteiger partial charge in [0.1, 0.15) is 18.3 Å². The van der Waals surface area contributed by atoms with Gasteiger partial charge in [0.25, 0.3) is 0 Å². The molecule has 3 unspecified atom stereocenters. The summed E-state index contributed by atoms with van der Waals surface area (Å²) in [6, 6.07) is 3.48. The van der Waals surface area contributed by atoms with E-state index in [0.29, 0.717) is 53.5 Å². The molecule has 33 heavy (non-hydrogen) atoms. The molecule has 3 aliphatic rings. The number of allylic oxidation sites excluding steroid dienone is 2. The van der Waals surface area contributed by atoms with Crippen LogP contribution in [0.2, 0.25) is 0 Å². The van der Waals surface area contributed by atoms with E-state index in [1.54, 1.807) is 33.5 Å². The molecule has 0 aromatic heterocycles. The number of rotatable bonds is 7. The third-order valence-electron chi connectivity index (χ3n) is 6.55. The van der Waals surface area contributed by atoms with Crippen LogP contribution in [0.1, 0.15) is 43.6 Å². The average molecular weight is 458 g/mol. The molecule has 1 fully saturated rings. The third kappa shape index (κ3) is 4.44. The second-order valence-electron chi connectivity index (χ2n) is 8.49. The van der Waals surface area contributed by atoms with Gasteiger partial charge in [0.15, 0.2) is 17.3 Å². The summed E-state index contributed by atoms with van der Waals surface area (Å²) in [5.74, 6) is -0.395. The monoisotopic (exact) mass is 457 g/mol. The van der Waals surface area contributed by atoms with Gasteiger partial charge in [-0.05, 0) is 31.7 Å². The molecule has 0 bridgehead atoms. The maximum absolute atomic E-state index is 13.4. The van der Waals surface area contributed by atoms with Gasteiger partial charge in [-0.1, -0.05) is 6.58 Å². The second-order valence-corrected chi connectivity index (χ2v) is 8.49. The first-order valence-corrected chi connectivity index (χ1v) is 11.3. The summed E-state index contributed by atoms with van der Waals surface area (Å²) in [7, 11) is 4.63. The number of carbonyl (C=O) groups is 2. The zero-order chi connectivity index (χ0) is 23.5. The molecule has 2 aliphatic heterocycles. The summed E-state index contributed by atoms with van der Waals surface area (Å²) < 4.78 is 27.9. The van der Waals surface area contributed by atoms with Gasteiger partial charge < -0.3 is 29.0 Å². The van der Waals surface area contributed by atoms with Crippen LogP contribution < -0.4 is 19.5 Å². The van der Waals surface area contributed by atoms with E-state index in [4.69, 9.17) is 23.7 Å². The molecule has 0 amide bonds. The van der Waals surface area contributed by atoms with Gasteiger partial charge in [-0.25, -0.2) is 0 Å². The van der Waals surface area contributed by atoms with E-state index in [9.17, 15) is 9.59 Å². The van der Waals surface area contributed by atoms with Crippen LogP contribution in [-0.2, 0) is 19.1 Å². The van der Waals surface area contributed by atoms with Gasteiger partial charge in [-0.15, -0.1) is 0 Å². The van der Waals surface area contributed by atoms with Gasteiger partial charge in [0.05, 0.1) is 27.4 Å². The molecule has 0 saturated carbocycles. The van der Waals surface area contributed by atoms with Crippen LogP contribution >= 0.6 is 0 Å². The van der Waals surface area contributed by atoms with Crippen molar-refractivity contribution >= 4 is 11.8 Å². The number of hydrogen-bond donors (Lipinski definition) is 1. The molecule has 0 radical (unpaired) electrons. The number of Topliss-reactive ketones (excluding diaryl/α,β-unsaturated/α-hetero) is 1. The van der Waals surface area contributed by atoms with E-state index in [2.05, 4.69) is 11.9 Å². The molecule has 0 spiro atoms. The normalized spacial score (nSPS) is 24.8. The second kappa shape index (κ2) is 9.87. The summed E-state index contributed by atoms with van der Waals surface area (Å²) in [5, 5.41) is 3.23. The fourth-order valence-electron chi connectivity index (χ4n) is 4.94. The highest BCUT2D eigenvalue weighted by atomic mass is 16.6. The lowest BCUT2D eigenvalue weighted by Crippen LogP contribution is -2.41. The standard InChI is InChI=1S/C25H31NO7/c1-14-22(25(28)33-13-15-7-6-10-32-15)23(24-17(26-14)8-5-9-18(24)27)16-11-20(30-3)21(31-4)12-19(16)29-2/h11-12,15,22-23,26H,1,5-10,13H2,2-4H3.